The van der Waals surface area contributed by atoms with Gasteiger partial charge in [-0.3, -0.25) is 4.98 Å². The zero-order valence-corrected chi connectivity index (χ0v) is 40.5. The minimum Gasteiger partial charge on any atom is -0.355 e. The molecule has 2 aliphatic rings. The number of benzene rings is 1. The van der Waals surface area contributed by atoms with Crippen LogP contribution in [0.2, 0.25) is 0 Å². The number of nitrogens with zero attached hydrogens (tertiary/aromatic N) is 2. The van der Waals surface area contributed by atoms with Crippen LogP contribution >= 0.6 is 0 Å². The van der Waals surface area contributed by atoms with Crippen LogP contribution in [0.1, 0.15) is 241 Å². The average Bonchev–Trinajstić information content (AvgIpc) is 4.01. The number of aromatic amines is 2. The summed E-state index contributed by atoms with van der Waals surface area (Å²) in [5, 5.41) is 1.22. The third kappa shape index (κ3) is 9.94. The monoisotopic (exact) mass is 825 g/mol. The van der Waals surface area contributed by atoms with E-state index in [4.69, 9.17) is 9.97 Å². The number of allylic oxidation sites excluding steroid dienone is 2. The molecule has 4 aromatic rings. The summed E-state index contributed by atoms with van der Waals surface area (Å²) in [4.78, 5) is 19.4. The number of nitrogens with one attached hydrogen (secondary N) is 2. The number of aromatic nitrogens is 4. The summed E-state index contributed by atoms with van der Waals surface area (Å²) >= 11 is 0. The molecule has 6 rings (SSSR count). The van der Waals surface area contributed by atoms with Gasteiger partial charge >= 0.3 is 0 Å². The first-order chi connectivity index (χ1) is 29.9. The fraction of sp³-hybridized carbons (Fsp3) is 0.614. The molecule has 1 aromatic carbocycles. The standard InChI is InChI=1S/C57H84N4/c1-10-19-20-21-22-23-24-25-26-27-28-29-30-31-32-33-34-40-35-36-47-55-46(16-7)45(15-6)51(60-55)38-50-42(12-3)41(11-2)48(58-50)37-49-43(13-4)44(14-5)52(59-49)39-53-57(17-8,18-9)54(40)56(47)61-53/h35-39,58-59H,10-34H2,1-9H3. The number of aryl methyl sites for hydroxylation is 5. The molecule has 61 heavy (non-hydrogen) atoms. The van der Waals surface area contributed by atoms with Crippen LogP contribution in [0.15, 0.2) is 30.3 Å². The van der Waals surface area contributed by atoms with Gasteiger partial charge < -0.3 is 9.97 Å². The molecule has 0 spiro atoms. The highest BCUT2D eigenvalue weighted by Gasteiger charge is 2.40. The first kappa shape index (κ1) is 46.8. The molecule has 0 saturated carbocycles. The van der Waals surface area contributed by atoms with E-state index in [-0.39, 0.29) is 5.41 Å². The van der Waals surface area contributed by atoms with Crippen molar-refractivity contribution in [3.05, 3.63) is 80.8 Å². The highest BCUT2D eigenvalue weighted by atomic mass is 14.8. The number of hydrogen-bond acceptors (Lipinski definition) is 2. The van der Waals surface area contributed by atoms with Crippen LogP contribution in [0.5, 0.6) is 0 Å². The third-order valence-corrected chi connectivity index (χ3v) is 15.0. The number of unbranched alkanes of at least 4 members (excludes halogenated alkanes) is 15. The van der Waals surface area contributed by atoms with Crippen molar-refractivity contribution in [3.63, 3.8) is 0 Å². The Morgan fingerprint density at radius 1 is 0.459 bits per heavy atom. The van der Waals surface area contributed by atoms with Crippen molar-refractivity contribution in [1.82, 2.24) is 19.9 Å². The quantitative estimate of drug-likeness (QED) is 0.0654. The molecule has 8 bridgehead atoms. The molecular weight excluding hydrogens is 741 g/mol. The summed E-state index contributed by atoms with van der Waals surface area (Å²) in [6, 6.07) is 12.1. The molecule has 0 unspecified atom stereocenters. The van der Waals surface area contributed by atoms with Crippen molar-refractivity contribution in [2.45, 2.75) is 228 Å². The number of hydrogen-bond donors (Lipinski definition) is 2. The van der Waals surface area contributed by atoms with E-state index < -0.39 is 0 Å². The molecule has 0 saturated heterocycles. The van der Waals surface area contributed by atoms with E-state index in [1.54, 1.807) is 0 Å². The van der Waals surface area contributed by atoms with Crippen molar-refractivity contribution in [1.29, 1.82) is 0 Å². The Morgan fingerprint density at radius 3 is 1.38 bits per heavy atom. The zero-order chi connectivity index (χ0) is 43.4. The topological polar surface area (TPSA) is 57.4 Å². The van der Waals surface area contributed by atoms with Crippen molar-refractivity contribution in [2.24, 2.45) is 0 Å². The van der Waals surface area contributed by atoms with Crippen molar-refractivity contribution in [2.75, 3.05) is 0 Å². The third-order valence-electron chi connectivity index (χ3n) is 15.0. The van der Waals surface area contributed by atoms with Crippen LogP contribution in [-0.4, -0.2) is 19.9 Å². The lowest BCUT2D eigenvalue weighted by molar-refractivity contribution is 0.477. The Labute approximate surface area is 371 Å². The number of fused-ring (bicyclic) bond motifs is 8. The molecule has 2 aliphatic heterocycles. The maximum atomic E-state index is 5.81. The second kappa shape index (κ2) is 22.6. The predicted molar refractivity (Wildman–Crippen MR) is 268 cm³/mol. The minimum absolute atomic E-state index is 0.142. The molecule has 0 fully saturated rings. The molecule has 332 valence electrons. The first-order valence-corrected chi connectivity index (χ1v) is 25.8. The van der Waals surface area contributed by atoms with Crippen LogP contribution in [0.25, 0.3) is 44.1 Å². The molecule has 0 amide bonds. The van der Waals surface area contributed by atoms with Crippen molar-refractivity contribution in [3.8, 4) is 0 Å². The Kier molecular flexibility index (Phi) is 17.4. The van der Waals surface area contributed by atoms with E-state index >= 15 is 0 Å². The second-order valence-corrected chi connectivity index (χ2v) is 18.5. The molecule has 5 heterocycles. The van der Waals surface area contributed by atoms with Crippen LogP contribution in [0.3, 0.4) is 0 Å². The summed E-state index contributed by atoms with van der Waals surface area (Å²) in [6.45, 7) is 21.0. The smallest absolute Gasteiger partial charge is 0.0771 e. The van der Waals surface area contributed by atoms with Gasteiger partial charge in [0.15, 0.2) is 0 Å². The van der Waals surface area contributed by atoms with E-state index in [0.717, 1.165) is 69.2 Å². The Balaban J connectivity index is 1.36. The van der Waals surface area contributed by atoms with E-state index in [1.807, 2.05) is 0 Å². The summed E-state index contributed by atoms with van der Waals surface area (Å²) in [5.74, 6) is 0. The van der Waals surface area contributed by atoms with E-state index in [2.05, 4.69) is 103 Å². The van der Waals surface area contributed by atoms with Crippen LogP contribution in [0, 0.1) is 0 Å². The Hall–Kier alpha value is -3.66. The molecule has 0 atom stereocenters. The fourth-order valence-electron chi connectivity index (χ4n) is 11.5. The van der Waals surface area contributed by atoms with Gasteiger partial charge in [0, 0.05) is 32.9 Å². The van der Waals surface area contributed by atoms with Gasteiger partial charge in [-0.2, -0.15) is 0 Å². The molecule has 0 aliphatic carbocycles. The molecule has 4 nitrogen and oxygen atoms in total. The van der Waals surface area contributed by atoms with Gasteiger partial charge in [-0.05, 0) is 127 Å². The van der Waals surface area contributed by atoms with E-state index in [0.29, 0.717) is 0 Å². The molecule has 0 radical (unpaired) electrons. The van der Waals surface area contributed by atoms with Gasteiger partial charge in [-0.25, -0.2) is 4.98 Å². The maximum Gasteiger partial charge on any atom is 0.0771 e. The lowest BCUT2D eigenvalue weighted by Crippen LogP contribution is -2.25. The Bertz CT molecular complexity index is 2260. The summed E-state index contributed by atoms with van der Waals surface area (Å²) in [7, 11) is 0. The molecule has 3 aromatic heterocycles. The molecule has 2 N–H and O–H groups in total. The lowest BCUT2D eigenvalue weighted by Gasteiger charge is -2.30. The summed E-state index contributed by atoms with van der Waals surface area (Å²) in [6.07, 6.45) is 31.5. The van der Waals surface area contributed by atoms with Gasteiger partial charge in [0.1, 0.15) is 0 Å². The van der Waals surface area contributed by atoms with Gasteiger partial charge in [-0.15, -0.1) is 0 Å². The van der Waals surface area contributed by atoms with Gasteiger partial charge in [0.05, 0.1) is 22.6 Å². The van der Waals surface area contributed by atoms with Crippen LogP contribution in [0.4, 0.5) is 0 Å². The average molecular weight is 825 g/mol. The summed E-state index contributed by atoms with van der Waals surface area (Å²) in [5.41, 5.74) is 20.9. The molecular formula is C57H84N4. The minimum atomic E-state index is -0.142. The van der Waals surface area contributed by atoms with Gasteiger partial charge in [0.2, 0.25) is 0 Å². The molecule has 4 heteroatoms. The van der Waals surface area contributed by atoms with Gasteiger partial charge in [0.25, 0.3) is 0 Å². The van der Waals surface area contributed by atoms with E-state index in [1.165, 1.54) is 186 Å². The Morgan fingerprint density at radius 2 is 0.918 bits per heavy atom. The van der Waals surface area contributed by atoms with Crippen molar-refractivity contribution < 1.29 is 0 Å². The van der Waals surface area contributed by atoms with Crippen molar-refractivity contribution >= 4 is 44.1 Å². The zero-order valence-electron chi connectivity index (χ0n) is 40.5. The van der Waals surface area contributed by atoms with Crippen LogP contribution < -0.4 is 0 Å². The number of H-pyrrole nitrogens is 2. The van der Waals surface area contributed by atoms with Gasteiger partial charge in [-0.1, -0.05) is 171 Å². The first-order valence-electron chi connectivity index (χ1n) is 25.8. The normalized spacial score (nSPS) is 13.7. The predicted octanol–water partition coefficient (Wildman–Crippen LogP) is 17.4. The second-order valence-electron chi connectivity index (χ2n) is 18.5. The largest absolute Gasteiger partial charge is 0.355 e. The van der Waals surface area contributed by atoms with E-state index in [9.17, 15) is 0 Å². The maximum absolute atomic E-state index is 5.81. The SMILES string of the molecule is CCCCCCCCCCCCCCCCCCc1ccc2c3nc(cc4[nH]c(cc5[nH]c(cc6nc2c1C6(CC)CC)c(CC)c5CC)c(CC)c4CC)C(CC)=C3CC. The highest BCUT2D eigenvalue weighted by molar-refractivity contribution is 6.02. The highest BCUT2D eigenvalue weighted by Crippen LogP contribution is 2.49. The number of rotatable bonds is 25. The fourth-order valence-corrected chi connectivity index (χ4v) is 11.5. The summed E-state index contributed by atoms with van der Waals surface area (Å²) < 4.78 is 0. The van der Waals surface area contributed by atoms with Crippen LogP contribution in [-0.2, 0) is 37.5 Å². The lowest BCUT2D eigenvalue weighted by atomic mass is 9.71.